The summed E-state index contributed by atoms with van der Waals surface area (Å²) < 4.78 is 5.69. The Balaban J connectivity index is 2.00. The Morgan fingerprint density at radius 3 is 2.81 bits per heavy atom. The largest absolute Gasteiger partial charge is 0.466 e. The lowest BCUT2D eigenvalue weighted by molar-refractivity contribution is -0.143. The van der Waals surface area contributed by atoms with Gasteiger partial charge in [0.2, 0.25) is 0 Å². The van der Waals surface area contributed by atoms with Crippen LogP contribution in [0, 0.1) is 5.92 Å². The molecule has 1 aliphatic carbocycles. The fraction of sp³-hybridized carbons (Fsp3) is 0.533. The van der Waals surface area contributed by atoms with Crippen LogP contribution < -0.4 is 0 Å². The van der Waals surface area contributed by atoms with Crippen LogP contribution in [0.25, 0.3) is 0 Å². The molecule has 1 aromatic heterocycles. The first-order chi connectivity index (χ1) is 10.1. The van der Waals surface area contributed by atoms with Gasteiger partial charge in [-0.05, 0) is 47.7 Å². The van der Waals surface area contributed by atoms with Gasteiger partial charge in [0.25, 0.3) is 5.91 Å². The molecule has 0 saturated heterocycles. The summed E-state index contributed by atoms with van der Waals surface area (Å²) in [6.07, 6.45) is 5.73. The van der Waals surface area contributed by atoms with Gasteiger partial charge in [0, 0.05) is 30.0 Å². The van der Waals surface area contributed by atoms with Gasteiger partial charge < -0.3 is 9.64 Å². The van der Waals surface area contributed by atoms with Crippen LogP contribution in [-0.2, 0) is 9.53 Å². The lowest BCUT2D eigenvalue weighted by Crippen LogP contribution is -2.35. The molecule has 0 aromatic carbocycles. The minimum atomic E-state index is -0.265. The van der Waals surface area contributed by atoms with E-state index in [1.54, 1.807) is 30.3 Å². The Morgan fingerprint density at radius 1 is 1.43 bits per heavy atom. The van der Waals surface area contributed by atoms with Crippen LogP contribution >= 0.6 is 15.9 Å². The quantitative estimate of drug-likeness (QED) is 0.706. The maximum Gasteiger partial charge on any atom is 0.307 e. The second kappa shape index (κ2) is 7.54. The summed E-state index contributed by atoms with van der Waals surface area (Å²) in [5, 5.41) is 0. The van der Waals surface area contributed by atoms with Crippen LogP contribution in [0.2, 0.25) is 0 Å². The van der Waals surface area contributed by atoms with E-state index in [1.165, 1.54) is 0 Å². The number of carbonyl (C=O) groups excluding carboxylic acids is 2. The first kappa shape index (κ1) is 15.9. The fourth-order valence-corrected chi connectivity index (χ4v) is 2.42. The van der Waals surface area contributed by atoms with Crippen molar-refractivity contribution >= 4 is 27.8 Å². The molecule has 114 valence electrons. The molecule has 6 heteroatoms. The average molecular weight is 355 g/mol. The van der Waals surface area contributed by atoms with Crippen molar-refractivity contribution in [1.82, 2.24) is 9.88 Å². The van der Waals surface area contributed by atoms with Crippen molar-refractivity contribution in [2.75, 3.05) is 19.7 Å². The molecule has 1 heterocycles. The fourth-order valence-electron chi connectivity index (χ4n) is 2.06. The summed E-state index contributed by atoms with van der Waals surface area (Å²) in [6.45, 7) is 3.23. The highest BCUT2D eigenvalue weighted by atomic mass is 79.9. The number of carbonyl (C=O) groups is 2. The van der Waals surface area contributed by atoms with Crippen molar-refractivity contribution in [2.24, 2.45) is 5.92 Å². The van der Waals surface area contributed by atoms with Crippen LogP contribution in [0.3, 0.4) is 0 Å². The van der Waals surface area contributed by atoms with E-state index in [0.717, 1.165) is 17.3 Å². The molecule has 0 unspecified atom stereocenters. The van der Waals surface area contributed by atoms with Gasteiger partial charge in [-0.3, -0.25) is 14.6 Å². The normalized spacial score (nSPS) is 13.8. The Hall–Kier alpha value is -1.43. The molecule has 0 radical (unpaired) electrons. The summed E-state index contributed by atoms with van der Waals surface area (Å²) in [6, 6.07) is 1.75. The molecular weight excluding hydrogens is 336 g/mol. The third kappa shape index (κ3) is 5.12. The molecule has 5 nitrogen and oxygen atoms in total. The third-order valence-electron chi connectivity index (χ3n) is 3.31. The van der Waals surface area contributed by atoms with Gasteiger partial charge in [0.1, 0.15) is 0 Å². The number of pyridine rings is 1. The van der Waals surface area contributed by atoms with Crippen molar-refractivity contribution in [3.8, 4) is 0 Å². The average Bonchev–Trinajstić information content (AvgIpc) is 3.27. The van der Waals surface area contributed by atoms with E-state index in [1.807, 2.05) is 0 Å². The van der Waals surface area contributed by atoms with E-state index in [4.69, 9.17) is 4.74 Å². The predicted molar refractivity (Wildman–Crippen MR) is 81.8 cm³/mol. The molecule has 1 aromatic rings. The van der Waals surface area contributed by atoms with Crippen LogP contribution in [0.4, 0.5) is 0 Å². The molecule has 21 heavy (non-hydrogen) atoms. The zero-order valence-electron chi connectivity index (χ0n) is 12.0. The number of rotatable bonds is 7. The molecule has 0 spiro atoms. The molecule has 1 amide bonds. The number of amides is 1. The second-order valence-electron chi connectivity index (χ2n) is 5.14. The minimum absolute atomic E-state index is 0.0833. The highest BCUT2D eigenvalue weighted by molar-refractivity contribution is 9.10. The van der Waals surface area contributed by atoms with Gasteiger partial charge in [-0.1, -0.05) is 0 Å². The number of ether oxygens (including phenoxy) is 1. The Morgan fingerprint density at radius 2 is 2.19 bits per heavy atom. The summed E-state index contributed by atoms with van der Waals surface area (Å²) in [5.41, 5.74) is 0.536. The van der Waals surface area contributed by atoms with Crippen molar-refractivity contribution in [2.45, 2.75) is 26.2 Å². The first-order valence-corrected chi connectivity index (χ1v) is 7.95. The Labute approximate surface area is 132 Å². The first-order valence-electron chi connectivity index (χ1n) is 7.15. The van der Waals surface area contributed by atoms with Crippen molar-refractivity contribution in [1.29, 1.82) is 0 Å². The van der Waals surface area contributed by atoms with Crippen molar-refractivity contribution < 1.29 is 14.3 Å². The Kier molecular flexibility index (Phi) is 5.73. The maximum absolute atomic E-state index is 12.5. The highest BCUT2D eigenvalue weighted by Crippen LogP contribution is 2.30. The highest BCUT2D eigenvalue weighted by Gasteiger charge is 2.27. The number of halogens is 1. The third-order valence-corrected chi connectivity index (χ3v) is 3.74. The van der Waals surface area contributed by atoms with E-state index in [-0.39, 0.29) is 18.3 Å². The maximum atomic E-state index is 12.5. The summed E-state index contributed by atoms with van der Waals surface area (Å²) in [7, 11) is 0. The van der Waals surface area contributed by atoms with Gasteiger partial charge in [0.15, 0.2) is 0 Å². The molecule has 0 bridgehead atoms. The van der Waals surface area contributed by atoms with E-state index < -0.39 is 0 Å². The van der Waals surface area contributed by atoms with Gasteiger partial charge in [-0.2, -0.15) is 0 Å². The zero-order chi connectivity index (χ0) is 15.2. The summed E-state index contributed by atoms with van der Waals surface area (Å²) in [5.74, 6) is 0.217. The molecule has 0 atom stereocenters. The number of nitrogens with zero attached hydrogens (tertiary/aromatic N) is 2. The molecular formula is C15H19BrN2O3. The van der Waals surface area contributed by atoms with Crippen molar-refractivity contribution in [3.05, 3.63) is 28.5 Å². The summed E-state index contributed by atoms with van der Waals surface area (Å²) >= 11 is 3.32. The van der Waals surface area contributed by atoms with E-state index >= 15 is 0 Å². The minimum Gasteiger partial charge on any atom is -0.466 e. The van der Waals surface area contributed by atoms with Crippen LogP contribution in [-0.4, -0.2) is 41.5 Å². The van der Waals surface area contributed by atoms with Gasteiger partial charge in [-0.25, -0.2) is 0 Å². The molecule has 1 aliphatic rings. The smallest absolute Gasteiger partial charge is 0.307 e. The van der Waals surface area contributed by atoms with E-state index in [0.29, 0.717) is 31.2 Å². The lowest BCUT2D eigenvalue weighted by atomic mass is 10.2. The summed E-state index contributed by atoms with van der Waals surface area (Å²) in [4.78, 5) is 29.8. The Bertz CT molecular complexity index is 517. The topological polar surface area (TPSA) is 59.5 Å². The number of hydrogen-bond acceptors (Lipinski definition) is 4. The number of aromatic nitrogens is 1. The zero-order valence-corrected chi connectivity index (χ0v) is 13.6. The molecule has 2 rings (SSSR count). The van der Waals surface area contributed by atoms with Crippen LogP contribution in [0.15, 0.2) is 22.9 Å². The van der Waals surface area contributed by atoms with Gasteiger partial charge >= 0.3 is 5.97 Å². The van der Waals surface area contributed by atoms with Crippen LogP contribution in [0.5, 0.6) is 0 Å². The van der Waals surface area contributed by atoms with E-state index in [9.17, 15) is 9.59 Å². The number of esters is 1. The monoisotopic (exact) mass is 354 g/mol. The molecule has 0 aliphatic heterocycles. The van der Waals surface area contributed by atoms with Gasteiger partial charge in [-0.15, -0.1) is 0 Å². The van der Waals surface area contributed by atoms with Crippen LogP contribution in [0.1, 0.15) is 36.5 Å². The van der Waals surface area contributed by atoms with Crippen molar-refractivity contribution in [3.63, 3.8) is 0 Å². The number of hydrogen-bond donors (Lipinski definition) is 0. The second-order valence-corrected chi connectivity index (χ2v) is 6.06. The molecule has 1 fully saturated rings. The van der Waals surface area contributed by atoms with Gasteiger partial charge in [0.05, 0.1) is 18.6 Å². The standard InChI is InChI=1S/C15H19BrN2O3/c1-2-21-14(19)5-6-18(10-11-3-4-11)15(20)12-7-13(16)9-17-8-12/h7-9,11H,2-6,10H2,1H3. The molecule has 0 N–H and O–H groups in total. The predicted octanol–water partition coefficient (Wildman–Crippen LogP) is 2.65. The lowest BCUT2D eigenvalue weighted by Gasteiger charge is -2.22. The SMILES string of the molecule is CCOC(=O)CCN(CC1CC1)C(=O)c1cncc(Br)c1. The molecule has 1 saturated carbocycles. The van der Waals surface area contributed by atoms with E-state index in [2.05, 4.69) is 20.9 Å².